The molecule has 1 fully saturated rings. The zero-order valence-corrected chi connectivity index (χ0v) is 9.41. The molecule has 0 aromatic heterocycles. The summed E-state index contributed by atoms with van der Waals surface area (Å²) in [6.45, 7) is 1.94. The van der Waals surface area contributed by atoms with Crippen LogP contribution in [0.2, 0.25) is 0 Å². The van der Waals surface area contributed by atoms with Gasteiger partial charge >= 0.3 is 0 Å². The lowest BCUT2D eigenvalue weighted by molar-refractivity contribution is -0.135. The molecule has 0 unspecified atom stereocenters. The van der Waals surface area contributed by atoms with Crippen LogP contribution in [-0.2, 0) is 16.1 Å². The van der Waals surface area contributed by atoms with Crippen LogP contribution in [0.1, 0.15) is 11.1 Å². The van der Waals surface area contributed by atoms with Crippen LogP contribution >= 0.6 is 0 Å². The fraction of sp³-hybridized carbons (Fsp3) is 0.385. The molecule has 1 aliphatic rings. The van der Waals surface area contributed by atoms with Crippen molar-refractivity contribution in [3.8, 4) is 11.8 Å². The van der Waals surface area contributed by atoms with E-state index in [1.165, 1.54) is 12.1 Å². The Kier molecular flexibility index (Phi) is 4.10. The van der Waals surface area contributed by atoms with E-state index in [2.05, 4.69) is 11.8 Å². The lowest BCUT2D eigenvalue weighted by Gasteiger charge is -2.26. The molecule has 3 nitrogen and oxygen atoms in total. The molecular formula is C13H14FNO2. The van der Waals surface area contributed by atoms with Gasteiger partial charge in [0.25, 0.3) is 0 Å². The molecule has 1 aromatic carbocycles. The van der Waals surface area contributed by atoms with Crippen LogP contribution in [0, 0.1) is 17.7 Å². The molecule has 0 aliphatic carbocycles. The highest BCUT2D eigenvalue weighted by Gasteiger charge is 2.19. The van der Waals surface area contributed by atoms with Gasteiger partial charge in [-0.2, -0.15) is 0 Å². The van der Waals surface area contributed by atoms with Crippen LogP contribution in [0.25, 0.3) is 0 Å². The van der Waals surface area contributed by atoms with Crippen LogP contribution in [0.5, 0.6) is 0 Å². The van der Waals surface area contributed by atoms with E-state index < -0.39 is 0 Å². The van der Waals surface area contributed by atoms with Crippen LogP contribution in [0.3, 0.4) is 0 Å². The fourth-order valence-electron chi connectivity index (χ4n) is 1.46. The Balaban J connectivity index is 2.07. The summed E-state index contributed by atoms with van der Waals surface area (Å²) in [6.07, 6.45) is 0.148. The molecule has 1 saturated heterocycles. The number of benzene rings is 1. The zero-order chi connectivity index (χ0) is 12.1. The second-order valence-electron chi connectivity index (χ2n) is 3.78. The van der Waals surface area contributed by atoms with Crippen molar-refractivity contribution in [3.63, 3.8) is 0 Å². The van der Waals surface area contributed by atoms with E-state index in [0.29, 0.717) is 25.4 Å². The van der Waals surface area contributed by atoms with Crippen molar-refractivity contribution in [1.82, 2.24) is 0 Å². The van der Waals surface area contributed by atoms with Crippen LogP contribution < -0.4 is 5.73 Å². The minimum Gasteiger partial charge on any atom is -0.376 e. The summed E-state index contributed by atoms with van der Waals surface area (Å²) in [7, 11) is 0. The monoisotopic (exact) mass is 235 g/mol. The molecule has 0 bridgehead atoms. The molecule has 4 heteroatoms. The number of halogens is 1. The Hall–Kier alpha value is -1.41. The third-order valence-electron chi connectivity index (χ3n) is 2.48. The SMILES string of the molecule is NCC#Cc1cc(F)ccc1COC1COC1. The Labute approximate surface area is 99.7 Å². The lowest BCUT2D eigenvalue weighted by Crippen LogP contribution is -2.35. The van der Waals surface area contributed by atoms with Crippen LogP contribution in [-0.4, -0.2) is 25.9 Å². The van der Waals surface area contributed by atoms with Crippen LogP contribution in [0.4, 0.5) is 4.39 Å². The zero-order valence-electron chi connectivity index (χ0n) is 9.41. The van der Waals surface area contributed by atoms with E-state index >= 15 is 0 Å². The molecule has 90 valence electrons. The Morgan fingerprint density at radius 2 is 2.29 bits per heavy atom. The van der Waals surface area contributed by atoms with Crippen molar-refractivity contribution < 1.29 is 13.9 Å². The van der Waals surface area contributed by atoms with Crippen molar-refractivity contribution >= 4 is 0 Å². The first-order chi connectivity index (χ1) is 8.29. The van der Waals surface area contributed by atoms with Crippen molar-refractivity contribution in [3.05, 3.63) is 35.1 Å². The second-order valence-corrected chi connectivity index (χ2v) is 3.78. The Morgan fingerprint density at radius 1 is 1.47 bits per heavy atom. The number of hydrogen-bond acceptors (Lipinski definition) is 3. The van der Waals surface area contributed by atoms with E-state index in [4.69, 9.17) is 15.2 Å². The summed E-state index contributed by atoms with van der Waals surface area (Å²) in [5.41, 5.74) is 6.81. The van der Waals surface area contributed by atoms with Gasteiger partial charge in [-0.1, -0.05) is 17.9 Å². The second kappa shape index (κ2) is 5.78. The van der Waals surface area contributed by atoms with Gasteiger partial charge in [-0.15, -0.1) is 0 Å². The molecule has 0 spiro atoms. The molecule has 17 heavy (non-hydrogen) atoms. The molecule has 2 rings (SSSR count). The van der Waals surface area contributed by atoms with Crippen molar-refractivity contribution in [2.75, 3.05) is 19.8 Å². The maximum atomic E-state index is 13.1. The average molecular weight is 235 g/mol. The summed E-state index contributed by atoms with van der Waals surface area (Å²) < 4.78 is 23.7. The summed E-state index contributed by atoms with van der Waals surface area (Å²) in [5.74, 6) is 5.26. The van der Waals surface area contributed by atoms with Gasteiger partial charge in [0, 0.05) is 5.56 Å². The number of nitrogens with two attached hydrogens (primary N) is 1. The maximum Gasteiger partial charge on any atom is 0.124 e. The van der Waals surface area contributed by atoms with Crippen molar-refractivity contribution in [2.45, 2.75) is 12.7 Å². The van der Waals surface area contributed by atoms with Crippen molar-refractivity contribution in [1.29, 1.82) is 0 Å². The van der Waals surface area contributed by atoms with Gasteiger partial charge in [0.2, 0.25) is 0 Å². The third kappa shape index (κ3) is 3.27. The predicted molar refractivity (Wildman–Crippen MR) is 61.7 cm³/mol. The third-order valence-corrected chi connectivity index (χ3v) is 2.48. The van der Waals surface area contributed by atoms with E-state index in [1.807, 2.05) is 0 Å². The van der Waals surface area contributed by atoms with Gasteiger partial charge in [0.1, 0.15) is 11.9 Å². The van der Waals surface area contributed by atoms with Crippen LogP contribution in [0.15, 0.2) is 18.2 Å². The Bertz CT molecular complexity index is 446. The number of rotatable bonds is 3. The minimum absolute atomic E-state index is 0.148. The first kappa shape index (κ1) is 12.1. The molecule has 0 amide bonds. The number of hydrogen-bond donors (Lipinski definition) is 1. The normalized spacial score (nSPS) is 14.9. The quantitative estimate of drug-likeness (QED) is 0.796. The topological polar surface area (TPSA) is 44.5 Å². The van der Waals surface area contributed by atoms with E-state index in [1.54, 1.807) is 6.07 Å². The van der Waals surface area contributed by atoms with E-state index in [9.17, 15) is 4.39 Å². The van der Waals surface area contributed by atoms with Gasteiger partial charge in [-0.25, -0.2) is 4.39 Å². The van der Waals surface area contributed by atoms with E-state index in [-0.39, 0.29) is 18.5 Å². The molecular weight excluding hydrogens is 221 g/mol. The highest BCUT2D eigenvalue weighted by atomic mass is 19.1. The van der Waals surface area contributed by atoms with E-state index in [0.717, 1.165) is 5.56 Å². The largest absolute Gasteiger partial charge is 0.376 e. The summed E-state index contributed by atoms with van der Waals surface area (Å²) >= 11 is 0. The predicted octanol–water partition coefficient (Wildman–Crippen LogP) is 1.05. The summed E-state index contributed by atoms with van der Waals surface area (Å²) in [6, 6.07) is 4.50. The first-order valence-electron chi connectivity index (χ1n) is 5.46. The molecule has 1 heterocycles. The first-order valence-corrected chi connectivity index (χ1v) is 5.46. The number of ether oxygens (including phenoxy) is 2. The van der Waals surface area contributed by atoms with Gasteiger partial charge in [-0.05, 0) is 17.7 Å². The minimum atomic E-state index is -0.304. The Morgan fingerprint density at radius 3 is 2.94 bits per heavy atom. The molecule has 1 aliphatic heterocycles. The van der Waals surface area contributed by atoms with Gasteiger partial charge < -0.3 is 15.2 Å². The highest BCUT2D eigenvalue weighted by Crippen LogP contribution is 2.14. The lowest BCUT2D eigenvalue weighted by atomic mass is 10.1. The summed E-state index contributed by atoms with van der Waals surface area (Å²) in [4.78, 5) is 0. The molecule has 0 atom stereocenters. The standard InChI is InChI=1S/C13H14FNO2/c14-12-4-3-11(7-17-13-8-16-9-13)10(6-12)2-1-5-15/h3-4,6,13H,5,7-9,15H2. The van der Waals surface area contributed by atoms with Gasteiger partial charge in [-0.3, -0.25) is 0 Å². The average Bonchev–Trinajstić information content (AvgIpc) is 2.26. The molecule has 1 aromatic rings. The van der Waals surface area contributed by atoms with Crippen molar-refractivity contribution in [2.24, 2.45) is 5.73 Å². The van der Waals surface area contributed by atoms with Gasteiger partial charge in [0.05, 0.1) is 26.4 Å². The summed E-state index contributed by atoms with van der Waals surface area (Å²) in [5, 5.41) is 0. The molecule has 0 saturated carbocycles. The fourth-order valence-corrected chi connectivity index (χ4v) is 1.46. The van der Waals surface area contributed by atoms with Gasteiger partial charge in [0.15, 0.2) is 0 Å². The molecule has 0 radical (unpaired) electrons. The molecule has 2 N–H and O–H groups in total. The smallest absolute Gasteiger partial charge is 0.124 e. The highest BCUT2D eigenvalue weighted by molar-refractivity contribution is 5.41. The maximum absolute atomic E-state index is 13.1.